The highest BCUT2D eigenvalue weighted by molar-refractivity contribution is 6.53. The molecule has 0 aliphatic carbocycles. The van der Waals surface area contributed by atoms with Gasteiger partial charge in [0.25, 0.3) is 17.6 Å². The van der Waals surface area contributed by atoms with E-state index in [2.05, 4.69) is 17.3 Å². The van der Waals surface area contributed by atoms with Crippen LogP contribution in [-0.2, 0) is 9.59 Å². The molecule has 2 amide bonds. The number of aromatic nitrogens is 1. The molecule has 2 heterocycles. The summed E-state index contributed by atoms with van der Waals surface area (Å²) >= 11 is 0. The molecule has 4 N–H and O–H groups in total. The Bertz CT molecular complexity index is 962. The van der Waals surface area contributed by atoms with Crippen molar-refractivity contribution >= 4 is 29.0 Å². The van der Waals surface area contributed by atoms with E-state index in [0.717, 1.165) is 12.8 Å². The standard InChI is InChI=1S/C23H26N4O3.C2H6.CH5N/c1-3-8-18-15-26(13-14-27(18)22(29)17-9-5-4-6-10-17)23(30)20(28)16(2)19-11-7-12-25-21(19)24;2*1-2/h4-7,9-12,18H,2-3,8,13-15H2,1H3,(H2,24,25);1-2H3;2H2,1H3. The lowest BCUT2D eigenvalue weighted by atomic mass is 10.0. The van der Waals surface area contributed by atoms with Crippen LogP contribution in [0.4, 0.5) is 5.82 Å². The molecule has 1 aliphatic rings. The van der Waals surface area contributed by atoms with Gasteiger partial charge in [0.15, 0.2) is 0 Å². The fourth-order valence-corrected chi connectivity index (χ4v) is 3.70. The third kappa shape index (κ3) is 6.99. The second kappa shape index (κ2) is 14.6. The third-order valence-electron chi connectivity index (χ3n) is 5.31. The van der Waals surface area contributed by atoms with Crippen molar-refractivity contribution in [2.75, 3.05) is 32.4 Å². The summed E-state index contributed by atoms with van der Waals surface area (Å²) < 4.78 is 0. The molecule has 34 heavy (non-hydrogen) atoms. The first kappa shape index (κ1) is 28.5. The number of hydrogen-bond acceptors (Lipinski definition) is 6. The van der Waals surface area contributed by atoms with E-state index in [4.69, 9.17) is 5.73 Å². The molecule has 1 aromatic heterocycles. The van der Waals surface area contributed by atoms with Crippen molar-refractivity contribution in [3.8, 4) is 0 Å². The Labute approximate surface area is 202 Å². The molecule has 1 aromatic carbocycles. The Morgan fingerprint density at radius 1 is 1.06 bits per heavy atom. The summed E-state index contributed by atoms with van der Waals surface area (Å²) in [6.45, 7) is 10.8. The minimum Gasteiger partial charge on any atom is -0.383 e. The summed E-state index contributed by atoms with van der Waals surface area (Å²) in [6.07, 6.45) is 3.11. The summed E-state index contributed by atoms with van der Waals surface area (Å²) in [6, 6.07) is 12.2. The molecule has 0 spiro atoms. The molecule has 184 valence electrons. The molecule has 1 unspecified atom stereocenters. The van der Waals surface area contributed by atoms with Gasteiger partial charge in [-0.05, 0) is 37.7 Å². The lowest BCUT2D eigenvalue weighted by molar-refractivity contribution is -0.143. The van der Waals surface area contributed by atoms with E-state index in [1.165, 1.54) is 18.1 Å². The largest absolute Gasteiger partial charge is 0.383 e. The number of hydrogen-bond donors (Lipinski definition) is 2. The molecular formula is C26H37N5O3. The van der Waals surface area contributed by atoms with Crippen LogP contribution in [-0.4, -0.2) is 65.1 Å². The van der Waals surface area contributed by atoms with Crippen LogP contribution >= 0.6 is 0 Å². The maximum atomic E-state index is 12.9. The van der Waals surface area contributed by atoms with Gasteiger partial charge in [-0.1, -0.05) is 52.0 Å². The zero-order valence-electron chi connectivity index (χ0n) is 20.7. The normalized spacial score (nSPS) is 14.7. The number of pyridine rings is 1. The fourth-order valence-electron chi connectivity index (χ4n) is 3.70. The Balaban J connectivity index is 0.00000137. The van der Waals surface area contributed by atoms with Crippen LogP contribution in [0.2, 0.25) is 0 Å². The Hall–Kier alpha value is -3.52. The topological polar surface area (TPSA) is 123 Å². The summed E-state index contributed by atoms with van der Waals surface area (Å²) in [5.41, 5.74) is 11.3. The van der Waals surface area contributed by atoms with Crippen molar-refractivity contribution in [3.63, 3.8) is 0 Å². The maximum Gasteiger partial charge on any atom is 0.295 e. The van der Waals surface area contributed by atoms with Crippen molar-refractivity contribution < 1.29 is 14.4 Å². The predicted molar refractivity (Wildman–Crippen MR) is 137 cm³/mol. The van der Waals surface area contributed by atoms with E-state index in [0.29, 0.717) is 30.8 Å². The number of ketones is 1. The molecule has 2 aromatic rings. The lowest BCUT2D eigenvalue weighted by Gasteiger charge is -2.41. The van der Waals surface area contributed by atoms with Crippen molar-refractivity contribution in [3.05, 3.63) is 66.4 Å². The Morgan fingerprint density at radius 3 is 2.29 bits per heavy atom. The number of carbonyl (C=O) groups is 3. The average Bonchev–Trinajstić information content (AvgIpc) is 2.90. The zero-order chi connectivity index (χ0) is 25.7. The van der Waals surface area contributed by atoms with Crippen LogP contribution in [0.5, 0.6) is 0 Å². The molecule has 1 atom stereocenters. The third-order valence-corrected chi connectivity index (χ3v) is 5.31. The number of nitrogens with zero attached hydrogens (tertiary/aromatic N) is 3. The summed E-state index contributed by atoms with van der Waals surface area (Å²) in [7, 11) is 1.50. The smallest absolute Gasteiger partial charge is 0.295 e. The highest BCUT2D eigenvalue weighted by Gasteiger charge is 2.35. The number of amides is 2. The van der Waals surface area contributed by atoms with Gasteiger partial charge in [-0.25, -0.2) is 4.98 Å². The van der Waals surface area contributed by atoms with Crippen LogP contribution in [0.1, 0.15) is 49.5 Å². The van der Waals surface area contributed by atoms with Gasteiger partial charge in [-0.15, -0.1) is 0 Å². The van der Waals surface area contributed by atoms with Gasteiger partial charge in [0.2, 0.25) is 0 Å². The van der Waals surface area contributed by atoms with Gasteiger partial charge in [0.1, 0.15) is 5.82 Å². The summed E-state index contributed by atoms with van der Waals surface area (Å²) in [4.78, 5) is 45.8. The number of nitrogens with two attached hydrogens (primary N) is 2. The molecule has 1 aliphatic heterocycles. The van der Waals surface area contributed by atoms with Crippen LogP contribution in [0.25, 0.3) is 5.57 Å². The molecule has 3 rings (SSSR count). The van der Waals surface area contributed by atoms with Crippen LogP contribution in [0.15, 0.2) is 55.2 Å². The maximum absolute atomic E-state index is 12.9. The highest BCUT2D eigenvalue weighted by Crippen LogP contribution is 2.22. The molecular weight excluding hydrogens is 430 g/mol. The second-order valence-electron chi connectivity index (χ2n) is 7.30. The first-order chi connectivity index (χ1) is 16.4. The number of piperazine rings is 1. The molecule has 0 radical (unpaired) electrons. The van der Waals surface area contributed by atoms with E-state index in [1.54, 1.807) is 29.2 Å². The van der Waals surface area contributed by atoms with Gasteiger partial charge >= 0.3 is 0 Å². The number of Topliss-reactive ketones (excluding diaryl/α,β-unsaturated/α-hetero) is 1. The number of nitrogen functional groups attached to an aromatic ring is 1. The van der Waals surface area contributed by atoms with Crippen LogP contribution in [0, 0.1) is 0 Å². The van der Waals surface area contributed by atoms with Crippen LogP contribution < -0.4 is 11.5 Å². The number of benzene rings is 1. The Kier molecular flexibility index (Phi) is 12.2. The quantitative estimate of drug-likeness (QED) is 0.497. The number of anilines is 1. The highest BCUT2D eigenvalue weighted by atomic mass is 16.2. The average molecular weight is 468 g/mol. The van der Waals surface area contributed by atoms with Gasteiger partial charge in [0.05, 0.1) is 0 Å². The minimum absolute atomic E-state index is 0.0282. The van der Waals surface area contributed by atoms with Crippen LogP contribution in [0.3, 0.4) is 0 Å². The second-order valence-corrected chi connectivity index (χ2v) is 7.30. The minimum atomic E-state index is -0.701. The zero-order valence-corrected chi connectivity index (χ0v) is 20.7. The van der Waals surface area contributed by atoms with E-state index < -0.39 is 11.7 Å². The van der Waals surface area contributed by atoms with Gasteiger partial charge in [-0.3, -0.25) is 14.4 Å². The van der Waals surface area contributed by atoms with Gasteiger partial charge in [0, 0.05) is 48.6 Å². The molecule has 1 fully saturated rings. The molecule has 8 heteroatoms. The first-order valence-corrected chi connectivity index (χ1v) is 11.6. The van der Waals surface area contributed by atoms with Crippen molar-refractivity contribution in [2.24, 2.45) is 5.73 Å². The van der Waals surface area contributed by atoms with E-state index in [1.807, 2.05) is 39.0 Å². The summed E-state index contributed by atoms with van der Waals surface area (Å²) in [5, 5.41) is 0. The van der Waals surface area contributed by atoms with E-state index >= 15 is 0 Å². The van der Waals surface area contributed by atoms with Crippen molar-refractivity contribution in [2.45, 2.75) is 39.7 Å². The number of rotatable bonds is 6. The van der Waals surface area contributed by atoms with E-state index in [-0.39, 0.29) is 23.3 Å². The Morgan fingerprint density at radius 2 is 1.71 bits per heavy atom. The van der Waals surface area contributed by atoms with Gasteiger partial charge < -0.3 is 21.3 Å². The molecule has 1 saturated heterocycles. The number of carbonyl (C=O) groups excluding carboxylic acids is 3. The lowest BCUT2D eigenvalue weighted by Crippen LogP contribution is -2.57. The molecule has 0 saturated carbocycles. The predicted octanol–water partition coefficient (Wildman–Crippen LogP) is 3.00. The van der Waals surface area contributed by atoms with Gasteiger partial charge in [-0.2, -0.15) is 0 Å². The molecule has 0 bridgehead atoms. The van der Waals surface area contributed by atoms with Crippen molar-refractivity contribution in [1.82, 2.24) is 14.8 Å². The SMILES string of the molecule is C=C(C(=O)C(=O)N1CCN(C(=O)c2ccccc2)C(CCC)C1)c1cccnc1N.CC.CN. The monoisotopic (exact) mass is 467 g/mol. The van der Waals surface area contributed by atoms with E-state index in [9.17, 15) is 14.4 Å². The fraction of sp³-hybridized carbons (Fsp3) is 0.385. The molecule has 8 nitrogen and oxygen atoms in total. The summed E-state index contributed by atoms with van der Waals surface area (Å²) in [5.74, 6) is -1.23. The van der Waals surface area contributed by atoms with Crippen molar-refractivity contribution in [1.29, 1.82) is 0 Å². The first-order valence-electron chi connectivity index (χ1n) is 11.6.